The van der Waals surface area contributed by atoms with Crippen molar-refractivity contribution in [1.29, 1.82) is 0 Å². The largest absolute Gasteiger partial charge is 0.337 e. The van der Waals surface area contributed by atoms with Gasteiger partial charge >= 0.3 is 0 Å². The summed E-state index contributed by atoms with van der Waals surface area (Å²) in [5, 5.41) is 14.8. The number of fused-ring (bicyclic) bond motifs is 12. The van der Waals surface area contributed by atoms with Crippen LogP contribution < -0.4 is 0 Å². The van der Waals surface area contributed by atoms with Crippen LogP contribution in [0.3, 0.4) is 0 Å². The SMILES string of the molecule is Cc1cccc(C)c1-c1c[c-]c2c(c1)c1cccc3c1n1c(c(C)nc21)CC3.Cc1cccc(C)c1-c1cc2c3c(c1)c1ccc[c-]c1c1nc(C)c(n13)CC2.Cc1cccc(C)c1-c1cc[c-]c2c1c1cccc3c1n1c(c(C)nc21)CC3.Cc1cccc(C)c1-c1ccc2c3ccc[c-]c3c3nc(C)c4n3c2c1CC4.[Ir].[Ir].[Ir].[Ir]. The molecule has 0 saturated heterocycles. The van der Waals surface area contributed by atoms with Gasteiger partial charge in [-0.05, 0) is 246 Å². The Labute approximate surface area is 730 Å². The van der Waals surface area contributed by atoms with Gasteiger partial charge in [-0.3, -0.25) is 19.9 Å². The van der Waals surface area contributed by atoms with Crippen molar-refractivity contribution in [3.8, 4) is 44.5 Å². The molecule has 4 aliphatic rings. The summed E-state index contributed by atoms with van der Waals surface area (Å²) in [6, 6.07) is 84.6. The molecule has 0 saturated carbocycles. The first-order chi connectivity index (χ1) is 54.6. The number of benzene rings is 12. The van der Waals surface area contributed by atoms with Crippen LogP contribution in [0.5, 0.6) is 0 Å². The first-order valence-corrected chi connectivity index (χ1v) is 39.9. The van der Waals surface area contributed by atoms with Crippen molar-refractivity contribution in [2.75, 3.05) is 0 Å². The summed E-state index contributed by atoms with van der Waals surface area (Å²) in [6.45, 7) is 26.2. The van der Waals surface area contributed by atoms with E-state index < -0.39 is 0 Å². The van der Waals surface area contributed by atoms with Crippen molar-refractivity contribution >= 4 is 109 Å². The van der Waals surface area contributed by atoms with E-state index in [2.05, 4.69) is 307 Å². The standard InChI is InChI=1S/4C26H21N2.4Ir/c1-15-7-4-8-16(2)23(15)19-10-6-12-21-24(19)20-11-5-9-18-13-14-22-17(3)27-26(21)28(22)25(18)20;1-15-6-4-7-16(2)24(15)19-10-12-21-22(14-19)20-9-5-8-18-11-13-23-17(3)27-26(21)28(23)25(18)20;1-15-7-6-8-16(2)24(15)19-13-18-11-12-23-17(3)27-26-21-10-5-4-9-20(21)22(14-19)25(18)28(23)26;1-15-7-6-8-16(2)24(15)19-11-12-20-18-9-4-5-10-22(18)26-27-17(3)23-14-13-21(19)25(20)28(23)26;;;;/h4-11H,13-14H2,1-3H3;4-10,14H,11,13H2,1-3H3;4-9,13-14H,11-12H2,1-3H3;4-9,11-12H,13-14H2,1-3H3;;;;/q4*-1;;;;. The van der Waals surface area contributed by atoms with E-state index in [-0.39, 0.29) is 80.4 Å². The van der Waals surface area contributed by atoms with E-state index >= 15 is 0 Å². The molecule has 12 heteroatoms. The third kappa shape index (κ3) is 12.0. The van der Waals surface area contributed by atoms with Crippen LogP contribution in [0.25, 0.3) is 154 Å². The molecule has 8 aromatic heterocycles. The molecule has 4 aliphatic heterocycles. The van der Waals surface area contributed by atoms with Crippen LogP contribution in [0, 0.1) is 107 Å². The number of rotatable bonds is 4. The van der Waals surface area contributed by atoms with Crippen molar-refractivity contribution in [2.45, 2.75) is 134 Å². The van der Waals surface area contributed by atoms with Gasteiger partial charge in [-0.15, -0.1) is 101 Å². The van der Waals surface area contributed by atoms with Crippen LogP contribution in [-0.4, -0.2) is 37.5 Å². The molecule has 0 spiro atoms. The van der Waals surface area contributed by atoms with Gasteiger partial charge < -0.3 is 17.6 Å². The van der Waals surface area contributed by atoms with E-state index in [0.29, 0.717) is 0 Å². The fraction of sp³-hybridized carbons (Fsp3) is 0.192. The summed E-state index contributed by atoms with van der Waals surface area (Å²) >= 11 is 0. The molecular formula is C104H84Ir4N8-4. The Morgan fingerprint density at radius 3 is 1.16 bits per heavy atom. The molecule has 0 aliphatic carbocycles. The number of nitrogens with zero attached hydrogens (tertiary/aromatic N) is 8. The minimum absolute atomic E-state index is 0. The number of hydrogen-bond acceptors (Lipinski definition) is 4. The molecule has 116 heavy (non-hydrogen) atoms. The maximum Gasteiger partial charge on any atom is 0.0614 e. The Morgan fingerprint density at radius 1 is 0.267 bits per heavy atom. The number of imidazole rings is 4. The summed E-state index contributed by atoms with van der Waals surface area (Å²) in [6.07, 6.45) is 8.50. The van der Waals surface area contributed by atoms with Crippen LogP contribution >= 0.6 is 0 Å². The monoisotopic (exact) mass is 2220 g/mol. The molecule has 4 radical (unpaired) electrons. The van der Waals surface area contributed by atoms with Gasteiger partial charge in [0.05, 0.1) is 22.6 Å². The molecule has 12 heterocycles. The van der Waals surface area contributed by atoms with E-state index in [1.807, 2.05) is 12.1 Å². The molecule has 0 N–H and O–H groups in total. The molecule has 8 nitrogen and oxygen atoms in total. The molecule has 0 fully saturated rings. The Bertz CT molecular complexity index is 7460. The molecule has 20 aromatic rings. The van der Waals surface area contributed by atoms with Gasteiger partial charge in [0.15, 0.2) is 0 Å². The van der Waals surface area contributed by atoms with Crippen LogP contribution in [-0.2, 0) is 132 Å². The fourth-order valence-corrected chi connectivity index (χ4v) is 20.6. The van der Waals surface area contributed by atoms with E-state index in [1.54, 1.807) is 0 Å². The van der Waals surface area contributed by atoms with Crippen molar-refractivity contribution in [1.82, 2.24) is 37.5 Å². The van der Waals surface area contributed by atoms with Gasteiger partial charge in [0, 0.05) is 148 Å². The average molecular weight is 2210 g/mol. The fourth-order valence-electron chi connectivity index (χ4n) is 20.6. The smallest absolute Gasteiger partial charge is 0.0614 e. The van der Waals surface area contributed by atoms with E-state index in [9.17, 15) is 0 Å². The number of hydrogen-bond donors (Lipinski definition) is 0. The Hall–Kier alpha value is -9.92. The first-order valence-electron chi connectivity index (χ1n) is 39.9. The van der Waals surface area contributed by atoms with Gasteiger partial charge in [0.1, 0.15) is 0 Å². The zero-order chi connectivity index (χ0) is 76.0. The first kappa shape index (κ1) is 78.6. The van der Waals surface area contributed by atoms with Gasteiger partial charge in [0.25, 0.3) is 0 Å². The average Bonchev–Trinajstić information content (AvgIpc) is 1.76. The Balaban J connectivity index is 0.000000110. The summed E-state index contributed by atoms with van der Waals surface area (Å²) in [7, 11) is 0. The van der Waals surface area contributed by atoms with E-state index in [1.165, 1.54) is 199 Å². The number of para-hydroxylation sites is 2. The molecule has 0 unspecified atom stereocenters. The third-order valence-corrected chi connectivity index (χ3v) is 25.5. The van der Waals surface area contributed by atoms with Crippen molar-refractivity contribution < 1.29 is 80.4 Å². The second-order valence-corrected chi connectivity index (χ2v) is 32.2. The van der Waals surface area contributed by atoms with Crippen LogP contribution in [0.15, 0.2) is 194 Å². The Kier molecular flexibility index (Phi) is 20.5. The van der Waals surface area contributed by atoms with Gasteiger partial charge in [-0.1, -0.05) is 182 Å². The van der Waals surface area contributed by atoms with Crippen molar-refractivity contribution in [3.63, 3.8) is 0 Å². The molecule has 0 atom stereocenters. The van der Waals surface area contributed by atoms with Crippen molar-refractivity contribution in [2.24, 2.45) is 0 Å². The molecule has 12 aromatic carbocycles. The zero-order valence-corrected chi connectivity index (χ0v) is 76.6. The van der Waals surface area contributed by atoms with Gasteiger partial charge in [-0.2, -0.15) is 0 Å². The normalized spacial score (nSPS) is 12.8. The Morgan fingerprint density at radius 2 is 0.638 bits per heavy atom. The topological polar surface area (TPSA) is 69.2 Å². The van der Waals surface area contributed by atoms with Gasteiger partial charge in [0.2, 0.25) is 0 Å². The number of pyridine rings is 4. The predicted molar refractivity (Wildman–Crippen MR) is 464 cm³/mol. The molecule has 0 amide bonds. The second-order valence-electron chi connectivity index (χ2n) is 32.2. The quantitative estimate of drug-likeness (QED) is 0.130. The second kappa shape index (κ2) is 30.2. The summed E-state index contributed by atoms with van der Waals surface area (Å²) in [4.78, 5) is 19.9. The summed E-state index contributed by atoms with van der Waals surface area (Å²) < 4.78 is 9.61. The predicted octanol–water partition coefficient (Wildman–Crippen LogP) is 24.5. The summed E-state index contributed by atoms with van der Waals surface area (Å²) in [5.41, 5.74) is 46.5. The third-order valence-electron chi connectivity index (χ3n) is 25.5. The van der Waals surface area contributed by atoms with Crippen LogP contribution in [0.2, 0.25) is 0 Å². The molecule has 24 rings (SSSR count). The zero-order valence-electron chi connectivity index (χ0n) is 67.0. The maximum atomic E-state index is 5.01. The number of aromatic nitrogens is 8. The van der Waals surface area contributed by atoms with E-state index in [4.69, 9.17) is 19.9 Å². The van der Waals surface area contributed by atoms with Crippen molar-refractivity contribution in [3.05, 3.63) is 331 Å². The summed E-state index contributed by atoms with van der Waals surface area (Å²) in [5.74, 6) is 0. The molecule has 580 valence electrons. The minimum atomic E-state index is 0. The number of aryl methyl sites for hydroxylation is 20. The molecular weight excluding hydrogens is 2130 g/mol. The van der Waals surface area contributed by atoms with Gasteiger partial charge in [-0.25, -0.2) is 0 Å². The van der Waals surface area contributed by atoms with Crippen LogP contribution in [0.4, 0.5) is 0 Å². The van der Waals surface area contributed by atoms with Crippen LogP contribution in [0.1, 0.15) is 112 Å². The minimum Gasteiger partial charge on any atom is -0.337 e. The molecule has 0 bridgehead atoms. The van der Waals surface area contributed by atoms with E-state index in [0.717, 1.165) is 118 Å². The maximum absolute atomic E-state index is 5.01.